The molecule has 1 aromatic carbocycles. The van der Waals surface area contributed by atoms with E-state index in [-0.39, 0.29) is 6.73 Å². The third-order valence-corrected chi connectivity index (χ3v) is 3.15. The van der Waals surface area contributed by atoms with Gasteiger partial charge in [0, 0.05) is 17.3 Å². The summed E-state index contributed by atoms with van der Waals surface area (Å²) in [5, 5.41) is 0. The second-order valence-corrected chi connectivity index (χ2v) is 4.69. The average Bonchev–Trinajstić information content (AvgIpc) is 2.35. The number of rotatable bonds is 6. The molecule has 0 fully saturated rings. The molecule has 0 spiro atoms. The lowest BCUT2D eigenvalue weighted by Crippen LogP contribution is -2.27. The zero-order chi connectivity index (χ0) is 14.4. The molecule has 0 unspecified atom stereocenters. The van der Waals surface area contributed by atoms with E-state index in [1.807, 2.05) is 25.1 Å². The fourth-order valence-electron chi connectivity index (χ4n) is 1.70. The molecule has 0 aliphatic heterocycles. The molecule has 5 heteroatoms. The molecule has 0 aliphatic carbocycles. The van der Waals surface area contributed by atoms with E-state index < -0.39 is 5.91 Å². The van der Waals surface area contributed by atoms with E-state index in [4.69, 9.17) is 10.5 Å². The molecular weight excluding hydrogens is 308 g/mol. The second-order valence-electron chi connectivity index (χ2n) is 3.84. The lowest BCUT2D eigenvalue weighted by Gasteiger charge is -2.26. The Balaban J connectivity index is 3.34. The second kappa shape index (κ2) is 7.11. The van der Waals surface area contributed by atoms with E-state index in [0.29, 0.717) is 21.4 Å². The van der Waals surface area contributed by atoms with Crippen LogP contribution < -0.4 is 10.6 Å². The van der Waals surface area contributed by atoms with Crippen molar-refractivity contribution in [3.8, 4) is 0 Å². The van der Waals surface area contributed by atoms with Gasteiger partial charge < -0.3 is 15.4 Å². The van der Waals surface area contributed by atoms with Gasteiger partial charge >= 0.3 is 0 Å². The molecule has 0 saturated carbocycles. The standard InChI is InChI=1S/C14H17BrN2O2/c1-4-6-10(2)17(9-19-3)12-8-5-7-11(15)13(12)14(16)18/h4-8H,2,9H2,1,3H3,(H2,16,18)/b6-4-. The number of ether oxygens (including phenoxy) is 1. The largest absolute Gasteiger partial charge is 0.365 e. The number of hydrogen-bond donors (Lipinski definition) is 1. The number of nitrogens with zero attached hydrogens (tertiary/aromatic N) is 1. The summed E-state index contributed by atoms with van der Waals surface area (Å²) >= 11 is 3.34. The van der Waals surface area contributed by atoms with Crippen LogP contribution >= 0.6 is 15.9 Å². The fourth-order valence-corrected chi connectivity index (χ4v) is 2.25. The molecule has 0 bridgehead atoms. The normalized spacial score (nSPS) is 10.7. The molecule has 0 saturated heterocycles. The van der Waals surface area contributed by atoms with Gasteiger partial charge in [0.25, 0.3) is 5.91 Å². The number of anilines is 1. The van der Waals surface area contributed by atoms with Crippen LogP contribution in [0.15, 0.2) is 47.1 Å². The summed E-state index contributed by atoms with van der Waals surface area (Å²) in [6.45, 7) is 6.13. The first-order valence-electron chi connectivity index (χ1n) is 5.69. The smallest absolute Gasteiger partial charge is 0.251 e. The first-order chi connectivity index (χ1) is 9.02. The summed E-state index contributed by atoms with van der Waals surface area (Å²) in [5.74, 6) is -0.503. The van der Waals surface area contributed by atoms with E-state index in [1.165, 1.54) is 0 Å². The predicted octanol–water partition coefficient (Wildman–Crippen LogP) is 3.05. The Kier molecular flexibility index (Phi) is 5.79. The van der Waals surface area contributed by atoms with E-state index in [2.05, 4.69) is 22.5 Å². The summed E-state index contributed by atoms with van der Waals surface area (Å²) in [6.07, 6.45) is 3.71. The zero-order valence-electron chi connectivity index (χ0n) is 11.0. The Hall–Kier alpha value is -1.59. The maximum absolute atomic E-state index is 11.6. The highest BCUT2D eigenvalue weighted by molar-refractivity contribution is 9.10. The predicted molar refractivity (Wildman–Crippen MR) is 81.0 cm³/mol. The van der Waals surface area contributed by atoms with E-state index in [1.54, 1.807) is 24.1 Å². The molecule has 19 heavy (non-hydrogen) atoms. The van der Waals surface area contributed by atoms with Gasteiger partial charge in [0.15, 0.2) is 0 Å². The molecule has 1 amide bonds. The van der Waals surface area contributed by atoms with Crippen LogP contribution in [0.25, 0.3) is 0 Å². The minimum atomic E-state index is -0.503. The third-order valence-electron chi connectivity index (χ3n) is 2.49. The molecule has 0 aromatic heterocycles. The molecule has 0 aliphatic rings. The van der Waals surface area contributed by atoms with Crippen molar-refractivity contribution < 1.29 is 9.53 Å². The highest BCUT2D eigenvalue weighted by Crippen LogP contribution is 2.29. The Morgan fingerprint density at radius 1 is 1.58 bits per heavy atom. The van der Waals surface area contributed by atoms with Crippen molar-refractivity contribution in [2.75, 3.05) is 18.7 Å². The molecule has 1 aromatic rings. The van der Waals surface area contributed by atoms with Crippen molar-refractivity contribution in [2.24, 2.45) is 5.73 Å². The molecule has 4 nitrogen and oxygen atoms in total. The summed E-state index contributed by atoms with van der Waals surface area (Å²) in [7, 11) is 1.58. The van der Waals surface area contributed by atoms with Gasteiger partial charge in [-0.15, -0.1) is 0 Å². The van der Waals surface area contributed by atoms with Crippen LogP contribution in [-0.2, 0) is 4.74 Å². The number of primary amides is 1. The van der Waals surface area contributed by atoms with Crippen molar-refractivity contribution in [1.82, 2.24) is 0 Å². The maximum atomic E-state index is 11.6. The number of carbonyl (C=O) groups excluding carboxylic acids is 1. The summed E-state index contributed by atoms with van der Waals surface area (Å²) in [6, 6.07) is 5.41. The summed E-state index contributed by atoms with van der Waals surface area (Å²) in [4.78, 5) is 13.4. The number of nitrogens with two attached hydrogens (primary N) is 1. The Labute approximate surface area is 121 Å². The highest BCUT2D eigenvalue weighted by atomic mass is 79.9. The Bertz CT molecular complexity index is 512. The van der Waals surface area contributed by atoms with Gasteiger partial charge in [-0.2, -0.15) is 0 Å². The first-order valence-corrected chi connectivity index (χ1v) is 6.48. The number of benzene rings is 1. The van der Waals surface area contributed by atoms with E-state index in [9.17, 15) is 4.79 Å². The van der Waals surface area contributed by atoms with Gasteiger partial charge in [0.1, 0.15) is 6.73 Å². The third kappa shape index (κ3) is 3.68. The number of hydrogen-bond acceptors (Lipinski definition) is 3. The van der Waals surface area contributed by atoms with E-state index in [0.717, 1.165) is 0 Å². The molecule has 2 N–H and O–H groups in total. The molecule has 102 valence electrons. The van der Waals surface area contributed by atoms with Crippen LogP contribution in [0, 0.1) is 0 Å². The van der Waals surface area contributed by atoms with Crippen LogP contribution in [0.1, 0.15) is 17.3 Å². The molecule has 1 rings (SSSR count). The minimum Gasteiger partial charge on any atom is -0.365 e. The lowest BCUT2D eigenvalue weighted by molar-refractivity contribution is 0.1000. The lowest BCUT2D eigenvalue weighted by atomic mass is 10.1. The zero-order valence-corrected chi connectivity index (χ0v) is 12.6. The van der Waals surface area contributed by atoms with Crippen molar-refractivity contribution in [3.05, 3.63) is 52.7 Å². The quantitative estimate of drug-likeness (QED) is 0.646. The van der Waals surface area contributed by atoms with Gasteiger partial charge in [0.2, 0.25) is 0 Å². The van der Waals surface area contributed by atoms with Crippen LogP contribution in [0.2, 0.25) is 0 Å². The van der Waals surface area contributed by atoms with Gasteiger partial charge in [-0.25, -0.2) is 0 Å². The average molecular weight is 325 g/mol. The number of methoxy groups -OCH3 is 1. The topological polar surface area (TPSA) is 55.6 Å². The SMILES string of the molecule is C=C(/C=C\C)N(COC)c1cccc(Br)c1C(N)=O. The number of allylic oxidation sites excluding steroid dienone is 2. The number of carbonyl (C=O) groups is 1. The van der Waals surface area contributed by atoms with Gasteiger partial charge in [-0.3, -0.25) is 4.79 Å². The molecule has 0 heterocycles. The highest BCUT2D eigenvalue weighted by Gasteiger charge is 2.18. The van der Waals surface area contributed by atoms with Crippen molar-refractivity contribution in [3.63, 3.8) is 0 Å². The van der Waals surface area contributed by atoms with Crippen LogP contribution in [0.5, 0.6) is 0 Å². The molecule has 0 atom stereocenters. The fraction of sp³-hybridized carbons (Fsp3) is 0.214. The molecule has 0 radical (unpaired) electrons. The molecular formula is C14H17BrN2O2. The van der Waals surface area contributed by atoms with Crippen LogP contribution in [0.3, 0.4) is 0 Å². The van der Waals surface area contributed by atoms with Crippen LogP contribution in [-0.4, -0.2) is 19.7 Å². The van der Waals surface area contributed by atoms with Crippen molar-refractivity contribution in [1.29, 1.82) is 0 Å². The van der Waals surface area contributed by atoms with Crippen molar-refractivity contribution >= 4 is 27.5 Å². The number of halogens is 1. The maximum Gasteiger partial charge on any atom is 0.251 e. The summed E-state index contributed by atoms with van der Waals surface area (Å²) in [5.41, 5.74) is 7.22. The van der Waals surface area contributed by atoms with E-state index >= 15 is 0 Å². The Morgan fingerprint density at radius 2 is 2.26 bits per heavy atom. The Morgan fingerprint density at radius 3 is 2.79 bits per heavy atom. The minimum absolute atomic E-state index is 0.278. The van der Waals surface area contributed by atoms with Gasteiger partial charge in [-0.1, -0.05) is 18.7 Å². The number of amides is 1. The van der Waals surface area contributed by atoms with Gasteiger partial charge in [-0.05, 0) is 41.1 Å². The van der Waals surface area contributed by atoms with Crippen molar-refractivity contribution in [2.45, 2.75) is 6.92 Å². The summed E-state index contributed by atoms with van der Waals surface area (Å²) < 4.78 is 5.81. The van der Waals surface area contributed by atoms with Crippen LogP contribution in [0.4, 0.5) is 5.69 Å². The monoisotopic (exact) mass is 324 g/mol. The van der Waals surface area contributed by atoms with Gasteiger partial charge in [0.05, 0.1) is 11.3 Å². The first kappa shape index (κ1) is 15.5.